The highest BCUT2D eigenvalue weighted by molar-refractivity contribution is 6.36. The zero-order valence-electron chi connectivity index (χ0n) is 14.5. The van der Waals surface area contributed by atoms with Gasteiger partial charge < -0.3 is 15.4 Å². The van der Waals surface area contributed by atoms with Crippen LogP contribution in [0.4, 0.5) is 11.4 Å². The number of nitrogen functional groups attached to an aromatic ring is 1. The van der Waals surface area contributed by atoms with Gasteiger partial charge >= 0.3 is 0 Å². The Morgan fingerprint density at radius 1 is 1.15 bits per heavy atom. The zero-order chi connectivity index (χ0) is 19.1. The minimum Gasteiger partial charge on any atom is -0.396 e. The molecule has 5 nitrogen and oxygen atoms in total. The maximum absolute atomic E-state index is 9.85. The van der Waals surface area contributed by atoms with Crippen molar-refractivity contribution in [1.82, 2.24) is 9.55 Å². The Kier molecular flexibility index (Phi) is 4.73. The van der Waals surface area contributed by atoms with Gasteiger partial charge in [0.25, 0.3) is 0 Å². The summed E-state index contributed by atoms with van der Waals surface area (Å²) in [7, 11) is 0. The van der Waals surface area contributed by atoms with Crippen LogP contribution in [0.25, 0.3) is 26.9 Å². The molecule has 3 N–H and O–H groups in total. The molecule has 27 heavy (non-hydrogen) atoms. The second-order valence-corrected chi connectivity index (χ2v) is 7.72. The predicted octanol–water partition coefficient (Wildman–Crippen LogP) is 5.62. The van der Waals surface area contributed by atoms with Crippen molar-refractivity contribution in [2.24, 2.45) is 0 Å². The van der Waals surface area contributed by atoms with Crippen LogP contribution in [0.15, 0.2) is 30.7 Å². The summed E-state index contributed by atoms with van der Waals surface area (Å²) in [5.41, 5.74) is 9.31. The van der Waals surface area contributed by atoms with Crippen LogP contribution in [-0.2, 0) is 0 Å². The van der Waals surface area contributed by atoms with E-state index in [0.29, 0.717) is 21.4 Å². The zero-order valence-corrected chi connectivity index (χ0v) is 16.0. The summed E-state index contributed by atoms with van der Waals surface area (Å²) in [6.45, 7) is 7.38. The lowest BCUT2D eigenvalue weighted by atomic mass is 9.93. The first kappa shape index (κ1) is 18.1. The highest BCUT2D eigenvalue weighted by Gasteiger charge is 2.24. The Morgan fingerprint density at radius 2 is 1.89 bits per heavy atom. The van der Waals surface area contributed by atoms with Gasteiger partial charge in [-0.25, -0.2) is 4.85 Å². The lowest BCUT2D eigenvalue weighted by Gasteiger charge is -2.27. The molecule has 1 aromatic carbocycles. The lowest BCUT2D eigenvalue weighted by molar-refractivity contribution is 0.111. The van der Waals surface area contributed by atoms with E-state index < -0.39 is 0 Å². The third kappa shape index (κ3) is 3.14. The fourth-order valence-electron chi connectivity index (χ4n) is 3.85. The van der Waals surface area contributed by atoms with E-state index in [0.717, 1.165) is 47.7 Å². The number of benzene rings is 1. The minimum atomic E-state index is -0.229. The van der Waals surface area contributed by atoms with Crippen LogP contribution in [0.5, 0.6) is 0 Å². The summed E-state index contributed by atoms with van der Waals surface area (Å²) >= 11 is 12.8. The minimum absolute atomic E-state index is 0.229. The van der Waals surface area contributed by atoms with Crippen LogP contribution < -0.4 is 5.73 Å². The molecular weight excluding hydrogens is 383 g/mol. The summed E-state index contributed by atoms with van der Waals surface area (Å²) in [5, 5.41) is 11.6. The highest BCUT2D eigenvalue weighted by atomic mass is 35.5. The van der Waals surface area contributed by atoms with E-state index in [1.54, 1.807) is 12.3 Å². The van der Waals surface area contributed by atoms with Crippen molar-refractivity contribution in [3.63, 3.8) is 0 Å². The third-order valence-corrected chi connectivity index (χ3v) is 6.00. The van der Waals surface area contributed by atoms with Crippen molar-refractivity contribution in [2.45, 2.75) is 37.8 Å². The second kappa shape index (κ2) is 7.05. The maximum atomic E-state index is 9.85. The third-order valence-electron chi connectivity index (χ3n) is 5.28. The standard InChI is InChI=1S/C20H18Cl2N4O/c1-24-18-6-13-15(14-8-25-9-17(23)20(14)22)10-26(19(13)7-16(18)21)11-2-4-12(27)5-3-11/h6-12,27H,2-5,23H2. The van der Waals surface area contributed by atoms with Crippen molar-refractivity contribution in [2.75, 3.05) is 5.73 Å². The number of pyridine rings is 1. The summed E-state index contributed by atoms with van der Waals surface area (Å²) in [6.07, 6.45) is 8.34. The van der Waals surface area contributed by atoms with Gasteiger partial charge in [-0.05, 0) is 43.2 Å². The van der Waals surface area contributed by atoms with Crippen molar-refractivity contribution < 1.29 is 5.11 Å². The molecule has 1 aliphatic carbocycles. The molecule has 0 saturated heterocycles. The Hall–Kier alpha value is -2.26. The smallest absolute Gasteiger partial charge is 0.206 e. The van der Waals surface area contributed by atoms with Gasteiger partial charge in [0.1, 0.15) is 0 Å². The molecule has 0 radical (unpaired) electrons. The van der Waals surface area contributed by atoms with E-state index in [9.17, 15) is 5.11 Å². The number of rotatable bonds is 2. The number of aliphatic hydroxyl groups excluding tert-OH is 1. The monoisotopic (exact) mass is 400 g/mol. The van der Waals surface area contributed by atoms with E-state index in [1.807, 2.05) is 12.3 Å². The van der Waals surface area contributed by atoms with E-state index in [4.69, 9.17) is 35.5 Å². The molecule has 4 rings (SSSR count). The topological polar surface area (TPSA) is 68.4 Å². The molecule has 0 unspecified atom stereocenters. The molecule has 2 aromatic heterocycles. The number of aliphatic hydroxyl groups is 1. The van der Waals surface area contributed by atoms with Gasteiger partial charge in [-0.1, -0.05) is 23.2 Å². The van der Waals surface area contributed by atoms with Gasteiger partial charge in [-0.15, -0.1) is 0 Å². The number of nitrogens with two attached hydrogens (primary N) is 1. The molecule has 1 fully saturated rings. The number of nitrogens with zero attached hydrogens (tertiary/aromatic N) is 3. The summed E-state index contributed by atoms with van der Waals surface area (Å²) in [4.78, 5) is 7.71. The number of fused-ring (bicyclic) bond motifs is 1. The van der Waals surface area contributed by atoms with Crippen molar-refractivity contribution in [3.05, 3.63) is 52.2 Å². The number of anilines is 1. The molecule has 1 saturated carbocycles. The Bertz CT molecular complexity index is 1060. The molecule has 2 heterocycles. The fourth-order valence-corrected chi connectivity index (χ4v) is 4.25. The summed E-state index contributed by atoms with van der Waals surface area (Å²) < 4.78 is 2.19. The second-order valence-electron chi connectivity index (χ2n) is 6.94. The number of hydrogen-bond donors (Lipinski definition) is 2. The molecule has 0 amide bonds. The Labute approximate surface area is 167 Å². The summed E-state index contributed by atoms with van der Waals surface area (Å²) in [6, 6.07) is 3.90. The number of aromatic nitrogens is 2. The first-order valence-corrected chi connectivity index (χ1v) is 9.54. The quantitative estimate of drug-likeness (QED) is 0.548. The number of hydrogen-bond acceptors (Lipinski definition) is 3. The van der Waals surface area contributed by atoms with Gasteiger partial charge in [0, 0.05) is 40.1 Å². The SMILES string of the molecule is [C-]#[N+]c1cc2c(-c3cncc(N)c3Cl)cn(C3CCC(O)CC3)c2cc1Cl. The van der Waals surface area contributed by atoms with Gasteiger partial charge in [0.2, 0.25) is 5.69 Å². The average molecular weight is 401 g/mol. The normalized spacial score (nSPS) is 19.9. The first-order chi connectivity index (χ1) is 13.0. The largest absolute Gasteiger partial charge is 0.396 e. The molecule has 7 heteroatoms. The fraction of sp³-hybridized carbons (Fsp3) is 0.300. The Morgan fingerprint density at radius 3 is 2.59 bits per heavy atom. The summed E-state index contributed by atoms with van der Waals surface area (Å²) in [5.74, 6) is 0. The van der Waals surface area contributed by atoms with Crippen LogP contribution in [0.2, 0.25) is 10.0 Å². The van der Waals surface area contributed by atoms with E-state index in [1.165, 1.54) is 6.20 Å². The van der Waals surface area contributed by atoms with Crippen LogP contribution in [-0.4, -0.2) is 20.8 Å². The molecule has 3 aromatic rings. The van der Waals surface area contributed by atoms with Crippen LogP contribution in [0.1, 0.15) is 31.7 Å². The molecule has 0 bridgehead atoms. The van der Waals surface area contributed by atoms with Gasteiger partial charge in [0.15, 0.2) is 0 Å². The molecule has 0 spiro atoms. The van der Waals surface area contributed by atoms with E-state index in [2.05, 4.69) is 14.4 Å². The molecular formula is C20H18Cl2N4O. The van der Waals surface area contributed by atoms with Crippen LogP contribution in [0.3, 0.4) is 0 Å². The van der Waals surface area contributed by atoms with Crippen LogP contribution in [0, 0.1) is 6.57 Å². The van der Waals surface area contributed by atoms with Crippen LogP contribution >= 0.6 is 23.2 Å². The predicted molar refractivity (Wildman–Crippen MR) is 109 cm³/mol. The maximum Gasteiger partial charge on any atom is 0.206 e. The molecule has 138 valence electrons. The van der Waals surface area contributed by atoms with E-state index >= 15 is 0 Å². The van der Waals surface area contributed by atoms with Crippen molar-refractivity contribution in [1.29, 1.82) is 0 Å². The van der Waals surface area contributed by atoms with Gasteiger partial charge in [0.05, 0.1) is 29.6 Å². The molecule has 0 aliphatic heterocycles. The van der Waals surface area contributed by atoms with E-state index in [-0.39, 0.29) is 12.1 Å². The van der Waals surface area contributed by atoms with Gasteiger partial charge in [-0.2, -0.15) is 0 Å². The van der Waals surface area contributed by atoms with Gasteiger partial charge in [-0.3, -0.25) is 4.98 Å². The molecule has 0 atom stereocenters. The van der Waals surface area contributed by atoms with Crippen molar-refractivity contribution >= 4 is 45.5 Å². The van der Waals surface area contributed by atoms with Crippen molar-refractivity contribution in [3.8, 4) is 11.1 Å². The highest BCUT2D eigenvalue weighted by Crippen LogP contribution is 2.43. The Balaban J connectivity index is 1.96. The molecule has 1 aliphatic rings. The number of halogens is 2. The first-order valence-electron chi connectivity index (χ1n) is 8.78. The average Bonchev–Trinajstić information content (AvgIpc) is 3.02. The lowest BCUT2D eigenvalue weighted by Crippen LogP contribution is -2.20.